The Bertz CT molecular complexity index is 239. The van der Waals surface area contributed by atoms with Gasteiger partial charge in [0, 0.05) is 19.6 Å². The van der Waals surface area contributed by atoms with Crippen molar-refractivity contribution in [3.8, 4) is 0 Å². The topological polar surface area (TPSA) is 24.5 Å². The van der Waals surface area contributed by atoms with Crippen LogP contribution in [0.5, 0.6) is 0 Å². The molecule has 1 rings (SSSR count). The highest BCUT2D eigenvalue weighted by atomic mass is 16.5. The van der Waals surface area contributed by atoms with Crippen LogP contribution in [0.15, 0.2) is 12.2 Å². The molecule has 0 spiro atoms. The highest BCUT2D eigenvalue weighted by molar-refractivity contribution is 4.93. The van der Waals surface area contributed by atoms with Gasteiger partial charge >= 0.3 is 0 Å². The fourth-order valence-electron chi connectivity index (χ4n) is 2.52. The monoisotopic (exact) mass is 268 g/mol. The summed E-state index contributed by atoms with van der Waals surface area (Å²) in [6.07, 6.45) is 7.01. The van der Waals surface area contributed by atoms with Crippen LogP contribution in [-0.2, 0) is 4.74 Å². The van der Waals surface area contributed by atoms with Gasteiger partial charge in [-0.05, 0) is 37.8 Å². The molecule has 0 saturated carbocycles. The summed E-state index contributed by atoms with van der Waals surface area (Å²) in [6.45, 7) is 14.0. The van der Waals surface area contributed by atoms with Crippen molar-refractivity contribution in [3.05, 3.63) is 12.2 Å². The van der Waals surface area contributed by atoms with Gasteiger partial charge in [0.2, 0.25) is 0 Å². The largest absolute Gasteiger partial charge is 0.380 e. The van der Waals surface area contributed by atoms with Gasteiger partial charge in [0.05, 0.1) is 13.2 Å². The number of rotatable bonds is 10. The average Bonchev–Trinajstić information content (AvgIpc) is 2.44. The quantitative estimate of drug-likeness (QED) is 0.487. The molecule has 19 heavy (non-hydrogen) atoms. The van der Waals surface area contributed by atoms with Crippen molar-refractivity contribution >= 4 is 0 Å². The highest BCUT2D eigenvalue weighted by Crippen LogP contribution is 2.24. The van der Waals surface area contributed by atoms with Crippen molar-refractivity contribution in [2.45, 2.75) is 33.6 Å². The summed E-state index contributed by atoms with van der Waals surface area (Å²) in [6, 6.07) is 0. The zero-order valence-electron chi connectivity index (χ0n) is 13.0. The molecule has 0 amide bonds. The minimum Gasteiger partial charge on any atom is -0.380 e. The predicted molar refractivity (Wildman–Crippen MR) is 82.5 cm³/mol. The molecule has 0 aliphatic heterocycles. The van der Waals surface area contributed by atoms with Gasteiger partial charge in [-0.2, -0.15) is 0 Å². The Balaban J connectivity index is 1.92. The fraction of sp³-hybridized carbons (Fsp3) is 0.875. The molecule has 3 nitrogen and oxygen atoms in total. The zero-order valence-corrected chi connectivity index (χ0v) is 13.0. The van der Waals surface area contributed by atoms with Crippen LogP contribution in [0.3, 0.4) is 0 Å². The Morgan fingerprint density at radius 3 is 2.58 bits per heavy atom. The maximum atomic E-state index is 5.79. The maximum absolute atomic E-state index is 5.79. The van der Waals surface area contributed by atoms with Crippen LogP contribution in [0.1, 0.15) is 33.6 Å². The van der Waals surface area contributed by atoms with Gasteiger partial charge in [-0.3, -0.25) is 0 Å². The third kappa shape index (κ3) is 7.09. The van der Waals surface area contributed by atoms with Crippen LogP contribution in [-0.4, -0.2) is 50.8 Å². The smallest absolute Gasteiger partial charge is 0.0591 e. The van der Waals surface area contributed by atoms with Crippen molar-refractivity contribution in [1.82, 2.24) is 10.2 Å². The average molecular weight is 268 g/mol. The van der Waals surface area contributed by atoms with Crippen LogP contribution in [0.4, 0.5) is 0 Å². The Morgan fingerprint density at radius 2 is 1.89 bits per heavy atom. The van der Waals surface area contributed by atoms with E-state index in [1.165, 1.54) is 12.8 Å². The minimum atomic E-state index is 0.723. The fourth-order valence-corrected chi connectivity index (χ4v) is 2.52. The zero-order chi connectivity index (χ0) is 13.9. The highest BCUT2D eigenvalue weighted by Gasteiger charge is 2.17. The molecule has 2 atom stereocenters. The number of allylic oxidation sites excluding steroid dienone is 2. The summed E-state index contributed by atoms with van der Waals surface area (Å²) >= 11 is 0. The van der Waals surface area contributed by atoms with Crippen molar-refractivity contribution in [2.75, 3.05) is 45.9 Å². The van der Waals surface area contributed by atoms with Crippen LogP contribution < -0.4 is 5.32 Å². The molecule has 2 unspecified atom stereocenters. The SMILES string of the molecule is CCN(CC)CCNCCOCC1CC=CCC1C. The molecule has 0 fully saturated rings. The first-order valence-electron chi connectivity index (χ1n) is 7.93. The first kappa shape index (κ1) is 16.7. The normalized spacial score (nSPS) is 23.2. The molecule has 1 aliphatic carbocycles. The van der Waals surface area contributed by atoms with E-state index in [-0.39, 0.29) is 0 Å². The molecular weight excluding hydrogens is 236 g/mol. The van der Waals surface area contributed by atoms with Crippen molar-refractivity contribution in [1.29, 1.82) is 0 Å². The number of hydrogen-bond donors (Lipinski definition) is 1. The number of likely N-dealkylation sites (N-methyl/N-ethyl adjacent to an activating group) is 1. The minimum absolute atomic E-state index is 0.723. The van der Waals surface area contributed by atoms with E-state index >= 15 is 0 Å². The second-order valence-electron chi connectivity index (χ2n) is 5.53. The van der Waals surface area contributed by atoms with E-state index in [1.54, 1.807) is 0 Å². The summed E-state index contributed by atoms with van der Waals surface area (Å²) in [7, 11) is 0. The van der Waals surface area contributed by atoms with Crippen LogP contribution in [0.2, 0.25) is 0 Å². The first-order chi connectivity index (χ1) is 9.27. The molecule has 112 valence electrons. The molecule has 0 bridgehead atoms. The van der Waals surface area contributed by atoms with E-state index in [1.807, 2.05) is 0 Å². The third-order valence-corrected chi connectivity index (χ3v) is 4.17. The summed E-state index contributed by atoms with van der Waals surface area (Å²) in [4.78, 5) is 2.43. The number of nitrogens with zero attached hydrogens (tertiary/aromatic N) is 1. The molecular formula is C16H32N2O. The molecule has 0 aromatic carbocycles. The van der Waals surface area contributed by atoms with Crippen molar-refractivity contribution < 1.29 is 4.74 Å². The summed E-state index contributed by atoms with van der Waals surface area (Å²) in [5, 5.41) is 3.45. The van der Waals surface area contributed by atoms with Crippen LogP contribution in [0, 0.1) is 11.8 Å². The Hall–Kier alpha value is -0.380. The Morgan fingerprint density at radius 1 is 1.16 bits per heavy atom. The Labute approximate surface area is 119 Å². The van der Waals surface area contributed by atoms with Crippen molar-refractivity contribution in [3.63, 3.8) is 0 Å². The maximum Gasteiger partial charge on any atom is 0.0591 e. The Kier molecular flexibility index (Phi) is 9.14. The third-order valence-electron chi connectivity index (χ3n) is 4.17. The standard InChI is InChI=1S/C16H32N2O/c1-4-18(5-2)12-10-17-11-13-19-14-16-9-7-6-8-15(16)3/h6-7,15-17H,4-5,8-14H2,1-3H3. The van der Waals surface area contributed by atoms with Gasteiger partial charge in [-0.1, -0.05) is 32.9 Å². The van der Waals surface area contributed by atoms with Gasteiger partial charge in [-0.25, -0.2) is 0 Å². The van der Waals surface area contributed by atoms with Gasteiger partial charge in [-0.15, -0.1) is 0 Å². The predicted octanol–water partition coefficient (Wildman–Crippen LogP) is 2.54. The van der Waals surface area contributed by atoms with E-state index in [0.717, 1.165) is 57.8 Å². The van der Waals surface area contributed by atoms with E-state index in [4.69, 9.17) is 4.74 Å². The molecule has 1 aliphatic rings. The second-order valence-corrected chi connectivity index (χ2v) is 5.53. The lowest BCUT2D eigenvalue weighted by atomic mass is 9.85. The van der Waals surface area contributed by atoms with E-state index in [9.17, 15) is 0 Å². The van der Waals surface area contributed by atoms with Gasteiger partial charge in [0.15, 0.2) is 0 Å². The molecule has 0 aromatic heterocycles. The summed E-state index contributed by atoms with van der Waals surface area (Å²) in [5.74, 6) is 1.50. The molecule has 0 radical (unpaired) electrons. The van der Waals surface area contributed by atoms with Gasteiger partial charge in [0.1, 0.15) is 0 Å². The summed E-state index contributed by atoms with van der Waals surface area (Å²) in [5.41, 5.74) is 0. The number of hydrogen-bond acceptors (Lipinski definition) is 3. The van der Waals surface area contributed by atoms with Crippen LogP contribution in [0.25, 0.3) is 0 Å². The van der Waals surface area contributed by atoms with Gasteiger partial charge in [0.25, 0.3) is 0 Å². The lowest BCUT2D eigenvalue weighted by Crippen LogP contribution is -2.33. The molecule has 0 heterocycles. The molecule has 0 aromatic rings. The van der Waals surface area contributed by atoms with E-state index in [2.05, 4.69) is 43.1 Å². The lowest BCUT2D eigenvalue weighted by Gasteiger charge is -2.25. The van der Waals surface area contributed by atoms with Crippen molar-refractivity contribution in [2.24, 2.45) is 11.8 Å². The molecule has 3 heteroatoms. The summed E-state index contributed by atoms with van der Waals surface area (Å²) < 4.78 is 5.79. The number of nitrogens with one attached hydrogen (secondary N) is 1. The van der Waals surface area contributed by atoms with E-state index < -0.39 is 0 Å². The van der Waals surface area contributed by atoms with Gasteiger partial charge < -0.3 is 15.0 Å². The van der Waals surface area contributed by atoms with Crippen LogP contribution >= 0.6 is 0 Å². The first-order valence-corrected chi connectivity index (χ1v) is 7.93. The second kappa shape index (κ2) is 10.4. The lowest BCUT2D eigenvalue weighted by molar-refractivity contribution is 0.0806. The molecule has 0 saturated heterocycles. The number of ether oxygens (including phenoxy) is 1. The van der Waals surface area contributed by atoms with E-state index in [0.29, 0.717) is 0 Å². The molecule has 1 N–H and O–H groups in total.